The van der Waals surface area contributed by atoms with Gasteiger partial charge in [0.25, 0.3) is 0 Å². The lowest BCUT2D eigenvalue weighted by atomic mass is 9.91. The van der Waals surface area contributed by atoms with E-state index in [9.17, 15) is 0 Å². The summed E-state index contributed by atoms with van der Waals surface area (Å²) in [7, 11) is 0. The van der Waals surface area contributed by atoms with Crippen LogP contribution in [0.4, 0.5) is 0 Å². The minimum absolute atomic E-state index is 0.885. The summed E-state index contributed by atoms with van der Waals surface area (Å²) < 4.78 is 0. The van der Waals surface area contributed by atoms with Gasteiger partial charge in [0.2, 0.25) is 0 Å². The van der Waals surface area contributed by atoms with Gasteiger partial charge in [0.05, 0.1) is 0 Å². The van der Waals surface area contributed by atoms with Gasteiger partial charge in [-0.15, -0.1) is 0 Å². The van der Waals surface area contributed by atoms with E-state index in [4.69, 9.17) is 5.73 Å². The summed E-state index contributed by atoms with van der Waals surface area (Å²) in [6, 6.07) is 0. The summed E-state index contributed by atoms with van der Waals surface area (Å²) in [6.45, 7) is 3.17. The van der Waals surface area contributed by atoms with Crippen molar-refractivity contribution >= 4 is 0 Å². The van der Waals surface area contributed by atoms with Crippen LogP contribution in [0.15, 0.2) is 0 Å². The van der Waals surface area contributed by atoms with E-state index in [1.165, 1.54) is 64.2 Å². The number of rotatable bonds is 10. The Labute approximate surface area is 95.8 Å². The van der Waals surface area contributed by atoms with Gasteiger partial charge in [-0.05, 0) is 37.6 Å². The van der Waals surface area contributed by atoms with Crippen LogP contribution in [0.5, 0.6) is 0 Å². The second-order valence-corrected chi connectivity index (χ2v) is 5.33. The summed E-state index contributed by atoms with van der Waals surface area (Å²) in [6.07, 6.45) is 14.3. The topological polar surface area (TPSA) is 26.0 Å². The first-order chi connectivity index (χ1) is 7.36. The third kappa shape index (κ3) is 6.94. The lowest BCUT2D eigenvalue weighted by Crippen LogP contribution is -2.06. The van der Waals surface area contributed by atoms with Crippen molar-refractivity contribution in [2.24, 2.45) is 17.6 Å². The number of hydrogen-bond donors (Lipinski definition) is 1. The zero-order valence-corrected chi connectivity index (χ0v) is 10.5. The Bertz CT molecular complexity index is 140. The molecular formula is C14H29N. The molecule has 1 aliphatic carbocycles. The quantitative estimate of drug-likeness (QED) is 0.541. The average molecular weight is 211 g/mol. The minimum Gasteiger partial charge on any atom is -0.330 e. The molecular weight excluding hydrogens is 182 g/mol. The Balaban J connectivity index is 2.04. The van der Waals surface area contributed by atoms with E-state index in [0.29, 0.717) is 0 Å². The third-order valence-electron chi connectivity index (χ3n) is 3.65. The third-order valence-corrected chi connectivity index (χ3v) is 3.65. The second-order valence-electron chi connectivity index (χ2n) is 5.33. The minimum atomic E-state index is 0.885. The predicted octanol–water partition coefficient (Wildman–Crippen LogP) is 4.11. The molecule has 0 aromatic rings. The maximum Gasteiger partial charge on any atom is -0.00772 e. The van der Waals surface area contributed by atoms with Crippen LogP contribution < -0.4 is 5.73 Å². The molecule has 0 spiro atoms. The SMILES string of the molecule is CCCCCCC(CCCN)CC1CC1. The van der Waals surface area contributed by atoms with Crippen molar-refractivity contribution in [2.45, 2.75) is 71.1 Å². The van der Waals surface area contributed by atoms with Crippen molar-refractivity contribution in [1.29, 1.82) is 0 Å². The van der Waals surface area contributed by atoms with Crippen molar-refractivity contribution in [1.82, 2.24) is 0 Å². The highest BCUT2D eigenvalue weighted by atomic mass is 14.5. The van der Waals surface area contributed by atoms with Crippen LogP contribution in [0.1, 0.15) is 71.1 Å². The van der Waals surface area contributed by atoms with Gasteiger partial charge in [0.1, 0.15) is 0 Å². The van der Waals surface area contributed by atoms with Gasteiger partial charge in [0, 0.05) is 0 Å². The van der Waals surface area contributed by atoms with Crippen molar-refractivity contribution < 1.29 is 0 Å². The molecule has 0 amide bonds. The number of hydrogen-bond acceptors (Lipinski definition) is 1. The first-order valence-electron chi connectivity index (χ1n) is 7.06. The van der Waals surface area contributed by atoms with Gasteiger partial charge in [-0.2, -0.15) is 0 Å². The maximum atomic E-state index is 5.60. The Morgan fingerprint density at radius 1 is 1.07 bits per heavy atom. The van der Waals surface area contributed by atoms with Gasteiger partial charge in [-0.3, -0.25) is 0 Å². The molecule has 1 fully saturated rings. The lowest BCUT2D eigenvalue weighted by Gasteiger charge is -2.15. The number of nitrogens with two attached hydrogens (primary N) is 1. The lowest BCUT2D eigenvalue weighted by molar-refractivity contribution is 0.374. The van der Waals surface area contributed by atoms with E-state index < -0.39 is 0 Å². The highest BCUT2D eigenvalue weighted by Crippen LogP contribution is 2.38. The molecule has 15 heavy (non-hydrogen) atoms. The van der Waals surface area contributed by atoms with E-state index in [0.717, 1.165) is 18.4 Å². The average Bonchev–Trinajstić information content (AvgIpc) is 3.04. The fourth-order valence-corrected chi connectivity index (χ4v) is 2.47. The van der Waals surface area contributed by atoms with Crippen molar-refractivity contribution in [2.75, 3.05) is 6.54 Å². The summed E-state index contributed by atoms with van der Waals surface area (Å²) >= 11 is 0. The molecule has 0 aliphatic heterocycles. The van der Waals surface area contributed by atoms with Crippen LogP contribution in [-0.2, 0) is 0 Å². The molecule has 1 aliphatic rings. The molecule has 1 heteroatoms. The molecule has 0 radical (unpaired) electrons. The monoisotopic (exact) mass is 211 g/mol. The van der Waals surface area contributed by atoms with Gasteiger partial charge >= 0.3 is 0 Å². The molecule has 90 valence electrons. The summed E-state index contributed by atoms with van der Waals surface area (Å²) in [4.78, 5) is 0. The van der Waals surface area contributed by atoms with Crippen molar-refractivity contribution in [3.05, 3.63) is 0 Å². The maximum absolute atomic E-state index is 5.60. The van der Waals surface area contributed by atoms with E-state index >= 15 is 0 Å². The van der Waals surface area contributed by atoms with Crippen molar-refractivity contribution in [3.8, 4) is 0 Å². The van der Waals surface area contributed by atoms with Crippen LogP contribution in [-0.4, -0.2) is 6.54 Å². The van der Waals surface area contributed by atoms with E-state index in [-0.39, 0.29) is 0 Å². The summed E-state index contributed by atoms with van der Waals surface area (Å²) in [5, 5.41) is 0. The molecule has 1 atom stereocenters. The Morgan fingerprint density at radius 2 is 1.80 bits per heavy atom. The first kappa shape index (κ1) is 13.0. The van der Waals surface area contributed by atoms with Crippen LogP contribution in [0.3, 0.4) is 0 Å². The van der Waals surface area contributed by atoms with E-state index in [1.807, 2.05) is 0 Å². The molecule has 0 bridgehead atoms. The van der Waals surface area contributed by atoms with Crippen LogP contribution in [0.2, 0.25) is 0 Å². The Kier molecular flexibility index (Phi) is 7.08. The van der Waals surface area contributed by atoms with Gasteiger partial charge in [-0.1, -0.05) is 51.9 Å². The van der Waals surface area contributed by atoms with Crippen LogP contribution >= 0.6 is 0 Å². The summed E-state index contributed by atoms with van der Waals surface area (Å²) in [5.74, 6) is 2.09. The normalized spacial score (nSPS) is 18.0. The standard InChI is InChI=1S/C14H29N/c1-2-3-4-5-7-13(8-6-11-15)12-14-9-10-14/h13-14H,2-12,15H2,1H3. The first-order valence-corrected chi connectivity index (χ1v) is 7.06. The highest BCUT2D eigenvalue weighted by molar-refractivity contribution is 4.77. The molecule has 0 saturated heterocycles. The molecule has 0 heterocycles. The van der Waals surface area contributed by atoms with Crippen LogP contribution in [0, 0.1) is 11.8 Å². The second kappa shape index (κ2) is 8.15. The van der Waals surface area contributed by atoms with Crippen molar-refractivity contribution in [3.63, 3.8) is 0 Å². The zero-order valence-electron chi connectivity index (χ0n) is 10.5. The van der Waals surface area contributed by atoms with E-state index in [2.05, 4.69) is 6.92 Å². The molecule has 1 saturated carbocycles. The van der Waals surface area contributed by atoms with Crippen LogP contribution in [0.25, 0.3) is 0 Å². The molecule has 2 N–H and O–H groups in total. The largest absolute Gasteiger partial charge is 0.330 e. The molecule has 1 nitrogen and oxygen atoms in total. The molecule has 0 aromatic heterocycles. The highest BCUT2D eigenvalue weighted by Gasteiger charge is 2.24. The zero-order chi connectivity index (χ0) is 10.9. The number of unbranched alkanes of at least 4 members (excludes halogenated alkanes) is 3. The van der Waals surface area contributed by atoms with Gasteiger partial charge < -0.3 is 5.73 Å². The summed E-state index contributed by atoms with van der Waals surface area (Å²) in [5.41, 5.74) is 5.60. The molecule has 1 rings (SSSR count). The predicted molar refractivity (Wildman–Crippen MR) is 67.9 cm³/mol. The Hall–Kier alpha value is -0.0400. The van der Waals surface area contributed by atoms with E-state index in [1.54, 1.807) is 0 Å². The molecule has 0 aromatic carbocycles. The Morgan fingerprint density at radius 3 is 2.40 bits per heavy atom. The van der Waals surface area contributed by atoms with Gasteiger partial charge in [0.15, 0.2) is 0 Å². The smallest absolute Gasteiger partial charge is 0.00772 e. The molecule has 1 unspecified atom stereocenters. The fourth-order valence-electron chi connectivity index (χ4n) is 2.47. The van der Waals surface area contributed by atoms with Gasteiger partial charge in [-0.25, -0.2) is 0 Å². The fraction of sp³-hybridized carbons (Fsp3) is 1.00.